The first-order chi connectivity index (χ1) is 4.72. The molecular weight excluding hydrogens is 134 g/mol. The minimum absolute atomic E-state index is 0.229. The summed E-state index contributed by atoms with van der Waals surface area (Å²) in [6.07, 6.45) is 1.81. The lowest BCUT2D eigenvalue weighted by atomic mass is 10.2. The van der Waals surface area contributed by atoms with Gasteiger partial charge in [0.05, 0.1) is 0 Å². The zero-order valence-electron chi connectivity index (χ0n) is 5.92. The van der Waals surface area contributed by atoms with E-state index in [4.69, 9.17) is 0 Å². The Balaban J connectivity index is 3.52. The molecule has 0 heterocycles. The summed E-state index contributed by atoms with van der Waals surface area (Å²) in [4.78, 5) is 24.6. The van der Waals surface area contributed by atoms with Crippen molar-refractivity contribution in [3.63, 3.8) is 0 Å². The highest BCUT2D eigenvalue weighted by atomic mass is 16.7. The van der Waals surface area contributed by atoms with E-state index in [1.165, 1.54) is 0 Å². The van der Waals surface area contributed by atoms with Crippen LogP contribution in [0, 0.1) is 0 Å². The topological polar surface area (TPSA) is 69.4 Å². The first kappa shape index (κ1) is 9.10. The van der Waals surface area contributed by atoms with Crippen molar-refractivity contribution in [2.45, 2.75) is 26.2 Å². The molecule has 4 heteroatoms. The second-order valence-electron chi connectivity index (χ2n) is 1.93. The Morgan fingerprint density at radius 2 is 2.10 bits per heavy atom. The Labute approximate surface area is 59.3 Å². The lowest BCUT2D eigenvalue weighted by Gasteiger charge is -1.94. The maximum atomic E-state index is 10.6. The van der Waals surface area contributed by atoms with Crippen molar-refractivity contribution in [2.24, 2.45) is 5.90 Å². The molecular formula is C6H11NO3. The number of hydrogen-bond acceptors (Lipinski definition) is 4. The summed E-state index contributed by atoms with van der Waals surface area (Å²) < 4.78 is 0. The van der Waals surface area contributed by atoms with Crippen molar-refractivity contribution in [1.82, 2.24) is 0 Å². The molecule has 0 aromatic heterocycles. The van der Waals surface area contributed by atoms with Crippen LogP contribution >= 0.6 is 0 Å². The molecule has 0 spiro atoms. The Hall–Kier alpha value is -0.900. The highest BCUT2D eigenvalue weighted by Crippen LogP contribution is 1.95. The third kappa shape index (κ3) is 3.19. The minimum atomic E-state index is -0.951. The van der Waals surface area contributed by atoms with E-state index >= 15 is 0 Å². The zero-order valence-corrected chi connectivity index (χ0v) is 5.92. The van der Waals surface area contributed by atoms with E-state index in [2.05, 4.69) is 10.7 Å². The van der Waals surface area contributed by atoms with Gasteiger partial charge in [-0.2, -0.15) is 5.90 Å². The average Bonchev–Trinajstić information content (AvgIpc) is 1.98. The zero-order chi connectivity index (χ0) is 7.98. The van der Waals surface area contributed by atoms with Gasteiger partial charge in [-0.15, -0.1) is 0 Å². The second-order valence-corrected chi connectivity index (χ2v) is 1.93. The van der Waals surface area contributed by atoms with E-state index in [-0.39, 0.29) is 6.42 Å². The lowest BCUT2D eigenvalue weighted by molar-refractivity contribution is -0.154. The molecule has 0 amide bonds. The van der Waals surface area contributed by atoms with Crippen LogP contribution < -0.4 is 5.90 Å². The Kier molecular flexibility index (Phi) is 4.49. The average molecular weight is 145 g/mol. The molecule has 0 fully saturated rings. The summed E-state index contributed by atoms with van der Waals surface area (Å²) in [5.74, 6) is 2.97. The van der Waals surface area contributed by atoms with Gasteiger partial charge in [0.2, 0.25) is 5.78 Å². The third-order valence-corrected chi connectivity index (χ3v) is 1.09. The molecule has 0 aliphatic carbocycles. The van der Waals surface area contributed by atoms with Crippen molar-refractivity contribution in [3.05, 3.63) is 0 Å². The highest BCUT2D eigenvalue weighted by molar-refractivity contribution is 6.33. The standard InChI is InChI=1S/C6H11NO3/c1-2-3-4-5(8)6(9)10-7/h2-4,7H2,1H3. The van der Waals surface area contributed by atoms with Gasteiger partial charge in [0, 0.05) is 6.42 Å². The first-order valence-corrected chi connectivity index (χ1v) is 3.16. The SMILES string of the molecule is CCCCC(=O)C(=O)ON. The van der Waals surface area contributed by atoms with E-state index in [9.17, 15) is 9.59 Å². The van der Waals surface area contributed by atoms with E-state index in [0.29, 0.717) is 6.42 Å². The monoisotopic (exact) mass is 145 g/mol. The van der Waals surface area contributed by atoms with E-state index < -0.39 is 11.8 Å². The normalized spacial score (nSPS) is 9.00. The van der Waals surface area contributed by atoms with Gasteiger partial charge in [-0.3, -0.25) is 4.79 Å². The highest BCUT2D eigenvalue weighted by Gasteiger charge is 2.12. The number of unbranched alkanes of at least 4 members (excludes halogenated alkanes) is 1. The Morgan fingerprint density at radius 1 is 1.50 bits per heavy atom. The number of hydrogen-bond donors (Lipinski definition) is 1. The molecule has 0 saturated carbocycles. The number of nitrogens with two attached hydrogens (primary N) is 1. The predicted molar refractivity (Wildman–Crippen MR) is 34.8 cm³/mol. The van der Waals surface area contributed by atoms with Gasteiger partial charge in [0.1, 0.15) is 0 Å². The van der Waals surface area contributed by atoms with Crippen LogP contribution in [-0.4, -0.2) is 11.8 Å². The number of Topliss-reactive ketones (excluding diaryl/α,β-unsaturated/α-hetero) is 1. The van der Waals surface area contributed by atoms with Crippen molar-refractivity contribution < 1.29 is 14.4 Å². The smallest absolute Gasteiger partial charge is 0.367 e. The molecule has 0 radical (unpaired) electrons. The number of carbonyl (C=O) groups excluding carboxylic acids is 2. The molecule has 0 unspecified atom stereocenters. The predicted octanol–water partition coefficient (Wildman–Crippen LogP) is 0.163. The second kappa shape index (κ2) is 4.93. The van der Waals surface area contributed by atoms with Crippen molar-refractivity contribution in [2.75, 3.05) is 0 Å². The Morgan fingerprint density at radius 3 is 2.50 bits per heavy atom. The minimum Gasteiger partial charge on any atom is -0.367 e. The molecule has 0 aliphatic rings. The lowest BCUT2D eigenvalue weighted by Crippen LogP contribution is -2.20. The fraction of sp³-hybridized carbons (Fsp3) is 0.667. The van der Waals surface area contributed by atoms with Crippen LogP contribution in [0.1, 0.15) is 26.2 Å². The Bertz CT molecular complexity index is 133. The van der Waals surface area contributed by atoms with E-state index in [1.807, 2.05) is 6.92 Å². The molecule has 0 aromatic carbocycles. The molecule has 0 aromatic rings. The van der Waals surface area contributed by atoms with Crippen LogP contribution in [0.3, 0.4) is 0 Å². The van der Waals surface area contributed by atoms with Crippen molar-refractivity contribution >= 4 is 11.8 Å². The third-order valence-electron chi connectivity index (χ3n) is 1.09. The van der Waals surface area contributed by atoms with Gasteiger partial charge in [-0.05, 0) is 6.42 Å². The molecule has 4 nitrogen and oxygen atoms in total. The molecule has 2 N–H and O–H groups in total. The summed E-state index contributed by atoms with van der Waals surface area (Å²) in [6.45, 7) is 1.93. The number of carbonyl (C=O) groups is 2. The van der Waals surface area contributed by atoms with Crippen molar-refractivity contribution in [1.29, 1.82) is 0 Å². The van der Waals surface area contributed by atoms with Crippen molar-refractivity contribution in [3.8, 4) is 0 Å². The first-order valence-electron chi connectivity index (χ1n) is 3.16. The molecule has 0 bridgehead atoms. The molecule has 0 aliphatic heterocycles. The van der Waals surface area contributed by atoms with Gasteiger partial charge in [-0.25, -0.2) is 4.79 Å². The van der Waals surface area contributed by atoms with Gasteiger partial charge in [0.15, 0.2) is 0 Å². The maximum Gasteiger partial charge on any atom is 0.393 e. The molecule has 0 rings (SSSR count). The van der Waals surface area contributed by atoms with Gasteiger partial charge >= 0.3 is 5.97 Å². The number of rotatable bonds is 4. The van der Waals surface area contributed by atoms with Gasteiger partial charge in [0.25, 0.3) is 0 Å². The fourth-order valence-electron chi connectivity index (χ4n) is 0.505. The quantitative estimate of drug-likeness (QED) is 0.452. The van der Waals surface area contributed by atoms with E-state index in [1.54, 1.807) is 0 Å². The van der Waals surface area contributed by atoms with Crippen LogP contribution in [0.5, 0.6) is 0 Å². The molecule has 58 valence electrons. The summed E-state index contributed by atoms with van der Waals surface area (Å²) in [6, 6.07) is 0. The van der Waals surface area contributed by atoms with E-state index in [0.717, 1.165) is 6.42 Å². The van der Waals surface area contributed by atoms with Gasteiger partial charge < -0.3 is 4.84 Å². The maximum absolute atomic E-state index is 10.6. The van der Waals surface area contributed by atoms with Crippen LogP contribution in [-0.2, 0) is 14.4 Å². The van der Waals surface area contributed by atoms with Crippen LogP contribution in [0.15, 0.2) is 0 Å². The fourth-order valence-corrected chi connectivity index (χ4v) is 0.505. The number of ketones is 1. The molecule has 0 atom stereocenters. The van der Waals surface area contributed by atoms with Crippen LogP contribution in [0.25, 0.3) is 0 Å². The summed E-state index contributed by atoms with van der Waals surface area (Å²) in [5.41, 5.74) is 0. The summed E-state index contributed by atoms with van der Waals surface area (Å²) in [7, 11) is 0. The summed E-state index contributed by atoms with van der Waals surface area (Å²) >= 11 is 0. The van der Waals surface area contributed by atoms with Crippen LogP contribution in [0.4, 0.5) is 0 Å². The van der Waals surface area contributed by atoms with Gasteiger partial charge in [-0.1, -0.05) is 13.3 Å². The largest absolute Gasteiger partial charge is 0.393 e. The van der Waals surface area contributed by atoms with Crippen LogP contribution in [0.2, 0.25) is 0 Å². The molecule has 0 saturated heterocycles. The summed E-state index contributed by atoms with van der Waals surface area (Å²) in [5, 5.41) is 0. The molecule has 10 heavy (non-hydrogen) atoms.